The van der Waals surface area contributed by atoms with Gasteiger partial charge in [-0.05, 0) is 30.1 Å². The summed E-state index contributed by atoms with van der Waals surface area (Å²) in [5, 5.41) is 2.91. The van der Waals surface area contributed by atoms with Crippen LogP contribution in [-0.4, -0.2) is 35.8 Å². The third-order valence-corrected chi connectivity index (χ3v) is 4.86. The Bertz CT molecular complexity index is 400. The average Bonchev–Trinajstić information content (AvgIpc) is 2.51. The Kier molecular flexibility index (Phi) is 4.95. The first-order valence-corrected chi connectivity index (χ1v) is 8.35. The van der Waals surface area contributed by atoms with Crippen LogP contribution < -0.4 is 5.32 Å². The van der Waals surface area contributed by atoms with E-state index in [0.717, 1.165) is 12.5 Å². The maximum atomic E-state index is 12.8. The second-order valence-electron chi connectivity index (χ2n) is 8.04. The summed E-state index contributed by atoms with van der Waals surface area (Å²) in [5.74, 6) is 1.48. The molecule has 1 saturated carbocycles. The van der Waals surface area contributed by atoms with E-state index >= 15 is 0 Å². The van der Waals surface area contributed by atoms with E-state index in [4.69, 9.17) is 0 Å². The van der Waals surface area contributed by atoms with Crippen molar-refractivity contribution in [1.82, 2.24) is 10.2 Å². The van der Waals surface area contributed by atoms with Crippen molar-refractivity contribution in [3.63, 3.8) is 0 Å². The number of nitrogens with zero attached hydrogens (tertiary/aromatic N) is 1. The van der Waals surface area contributed by atoms with E-state index < -0.39 is 6.04 Å². The van der Waals surface area contributed by atoms with Crippen LogP contribution in [0.15, 0.2) is 0 Å². The zero-order valence-electron chi connectivity index (χ0n) is 13.9. The van der Waals surface area contributed by atoms with Crippen LogP contribution >= 0.6 is 0 Å². The second kappa shape index (κ2) is 6.37. The van der Waals surface area contributed by atoms with Crippen LogP contribution in [0.3, 0.4) is 0 Å². The normalized spacial score (nSPS) is 31.8. The molecule has 4 heteroatoms. The fourth-order valence-corrected chi connectivity index (χ4v) is 3.63. The first kappa shape index (κ1) is 16.3. The number of hydrogen-bond acceptors (Lipinski definition) is 2. The van der Waals surface area contributed by atoms with E-state index in [9.17, 15) is 9.59 Å². The van der Waals surface area contributed by atoms with Gasteiger partial charge in [0.1, 0.15) is 6.04 Å². The number of nitrogens with one attached hydrogen (secondary N) is 1. The molecule has 0 aromatic heterocycles. The molecular formula is C17H30N2O2. The maximum Gasteiger partial charge on any atom is 0.245 e. The van der Waals surface area contributed by atoms with Gasteiger partial charge in [-0.2, -0.15) is 0 Å². The summed E-state index contributed by atoms with van der Waals surface area (Å²) >= 11 is 0. The van der Waals surface area contributed by atoms with E-state index in [1.807, 2.05) is 25.7 Å². The third-order valence-electron chi connectivity index (χ3n) is 4.86. The molecule has 0 spiro atoms. The van der Waals surface area contributed by atoms with Crippen LogP contribution in [0.2, 0.25) is 0 Å². The highest BCUT2D eigenvalue weighted by molar-refractivity contribution is 5.90. The van der Waals surface area contributed by atoms with Crippen LogP contribution in [0.25, 0.3) is 0 Å². The predicted octanol–water partition coefficient (Wildman–Crippen LogP) is 2.58. The monoisotopic (exact) mass is 294 g/mol. The van der Waals surface area contributed by atoms with Crippen molar-refractivity contribution in [2.45, 2.75) is 65.8 Å². The lowest BCUT2D eigenvalue weighted by atomic mass is 9.81. The fraction of sp³-hybridized carbons (Fsp3) is 0.882. The van der Waals surface area contributed by atoms with E-state index in [2.05, 4.69) is 12.2 Å². The quantitative estimate of drug-likeness (QED) is 0.851. The molecule has 4 nitrogen and oxygen atoms in total. The fourth-order valence-electron chi connectivity index (χ4n) is 3.63. The molecule has 1 saturated heterocycles. The Labute approximate surface area is 128 Å². The van der Waals surface area contributed by atoms with Crippen molar-refractivity contribution in [3.05, 3.63) is 0 Å². The van der Waals surface area contributed by atoms with Gasteiger partial charge in [0, 0.05) is 19.5 Å². The number of rotatable bonds is 2. The molecule has 1 aliphatic carbocycles. The molecule has 2 rings (SSSR count). The smallest absolute Gasteiger partial charge is 0.245 e. The summed E-state index contributed by atoms with van der Waals surface area (Å²) < 4.78 is 0. The Hall–Kier alpha value is -1.06. The van der Waals surface area contributed by atoms with E-state index in [1.54, 1.807) is 0 Å². The summed E-state index contributed by atoms with van der Waals surface area (Å²) in [5.41, 5.74) is -0.241. The molecule has 2 amide bonds. The van der Waals surface area contributed by atoms with E-state index in [0.29, 0.717) is 18.9 Å². The summed E-state index contributed by atoms with van der Waals surface area (Å²) in [6.07, 6.45) is 5.45. The molecule has 3 atom stereocenters. The number of carbonyl (C=O) groups is 2. The maximum absolute atomic E-state index is 12.8. The van der Waals surface area contributed by atoms with Gasteiger partial charge in [-0.15, -0.1) is 0 Å². The Morgan fingerprint density at radius 2 is 1.95 bits per heavy atom. The van der Waals surface area contributed by atoms with Crippen molar-refractivity contribution in [1.29, 1.82) is 0 Å². The van der Waals surface area contributed by atoms with Gasteiger partial charge in [-0.3, -0.25) is 9.59 Å². The van der Waals surface area contributed by atoms with Gasteiger partial charge >= 0.3 is 0 Å². The topological polar surface area (TPSA) is 49.4 Å². The minimum atomic E-state index is -0.395. The highest BCUT2D eigenvalue weighted by atomic mass is 16.2. The lowest BCUT2D eigenvalue weighted by Crippen LogP contribution is -2.52. The van der Waals surface area contributed by atoms with Gasteiger partial charge in [0.25, 0.3) is 0 Å². The Morgan fingerprint density at radius 1 is 1.24 bits per heavy atom. The molecule has 1 heterocycles. The molecule has 21 heavy (non-hydrogen) atoms. The summed E-state index contributed by atoms with van der Waals surface area (Å²) in [7, 11) is 0. The summed E-state index contributed by atoms with van der Waals surface area (Å²) in [6, 6.07) is -0.395. The highest BCUT2D eigenvalue weighted by Crippen LogP contribution is 2.30. The zero-order valence-corrected chi connectivity index (χ0v) is 13.9. The summed E-state index contributed by atoms with van der Waals surface area (Å²) in [4.78, 5) is 26.6. The SMILES string of the molecule is CC1CCCC(CN2CCC(=O)NC(C(C)(C)C)C2=O)C1. The molecule has 120 valence electrons. The van der Waals surface area contributed by atoms with Crippen molar-refractivity contribution in [2.75, 3.05) is 13.1 Å². The van der Waals surface area contributed by atoms with Crippen molar-refractivity contribution in [2.24, 2.45) is 17.3 Å². The van der Waals surface area contributed by atoms with Gasteiger partial charge in [-0.1, -0.05) is 40.5 Å². The van der Waals surface area contributed by atoms with E-state index in [1.165, 1.54) is 25.7 Å². The van der Waals surface area contributed by atoms with Gasteiger partial charge in [0.15, 0.2) is 0 Å². The molecule has 1 N–H and O–H groups in total. The van der Waals surface area contributed by atoms with Gasteiger partial charge in [0.05, 0.1) is 0 Å². The molecule has 1 aliphatic heterocycles. The minimum absolute atomic E-state index is 0.00258. The average molecular weight is 294 g/mol. The first-order valence-electron chi connectivity index (χ1n) is 8.35. The summed E-state index contributed by atoms with van der Waals surface area (Å²) in [6.45, 7) is 9.75. The molecule has 0 bridgehead atoms. The molecule has 0 aromatic rings. The number of carbonyl (C=O) groups excluding carboxylic acids is 2. The number of hydrogen-bond donors (Lipinski definition) is 1. The van der Waals surface area contributed by atoms with Crippen LogP contribution in [0, 0.1) is 17.3 Å². The van der Waals surface area contributed by atoms with Crippen LogP contribution in [0.1, 0.15) is 59.8 Å². The van der Waals surface area contributed by atoms with Crippen molar-refractivity contribution >= 4 is 11.8 Å². The van der Waals surface area contributed by atoms with E-state index in [-0.39, 0.29) is 17.2 Å². The largest absolute Gasteiger partial charge is 0.344 e. The van der Waals surface area contributed by atoms with Crippen LogP contribution in [0.5, 0.6) is 0 Å². The molecule has 2 fully saturated rings. The van der Waals surface area contributed by atoms with Crippen LogP contribution in [-0.2, 0) is 9.59 Å². The lowest BCUT2D eigenvalue weighted by Gasteiger charge is -2.35. The molecule has 0 aromatic carbocycles. The Balaban J connectivity index is 2.07. The second-order valence-corrected chi connectivity index (χ2v) is 8.04. The third kappa shape index (κ3) is 4.21. The number of amides is 2. The molecular weight excluding hydrogens is 264 g/mol. The van der Waals surface area contributed by atoms with Gasteiger partial charge < -0.3 is 10.2 Å². The van der Waals surface area contributed by atoms with Crippen LogP contribution in [0.4, 0.5) is 0 Å². The molecule has 3 unspecified atom stereocenters. The Morgan fingerprint density at radius 3 is 2.57 bits per heavy atom. The predicted molar refractivity (Wildman–Crippen MR) is 83.7 cm³/mol. The lowest BCUT2D eigenvalue weighted by molar-refractivity contribution is -0.137. The van der Waals surface area contributed by atoms with Gasteiger partial charge in [0.2, 0.25) is 11.8 Å². The zero-order chi connectivity index (χ0) is 15.6. The minimum Gasteiger partial charge on any atom is -0.344 e. The molecule has 0 radical (unpaired) electrons. The first-order chi connectivity index (χ1) is 9.77. The standard InChI is InChI=1S/C17H30N2O2/c1-12-6-5-7-13(10-12)11-19-9-8-14(20)18-15(16(19)21)17(2,3)4/h12-13,15H,5-11H2,1-4H3,(H,18,20). The molecule has 2 aliphatic rings. The van der Waals surface area contributed by atoms with Crippen molar-refractivity contribution < 1.29 is 9.59 Å². The highest BCUT2D eigenvalue weighted by Gasteiger charge is 2.38. The van der Waals surface area contributed by atoms with Crippen molar-refractivity contribution in [3.8, 4) is 0 Å². The van der Waals surface area contributed by atoms with Gasteiger partial charge in [-0.25, -0.2) is 0 Å².